The molecule has 9 heteroatoms. The molecule has 178 valence electrons. The van der Waals surface area contributed by atoms with Gasteiger partial charge in [0.15, 0.2) is 5.65 Å². The van der Waals surface area contributed by atoms with Crippen molar-refractivity contribution in [1.29, 1.82) is 0 Å². The van der Waals surface area contributed by atoms with Crippen molar-refractivity contribution in [3.63, 3.8) is 0 Å². The molecule has 2 heterocycles. The van der Waals surface area contributed by atoms with Crippen molar-refractivity contribution in [2.75, 3.05) is 32.3 Å². The van der Waals surface area contributed by atoms with E-state index in [1.165, 1.54) is 0 Å². The topological polar surface area (TPSA) is 64.8 Å². The fraction of sp³-hybridized carbons (Fsp3) is 0.320. The average Bonchev–Trinajstić information content (AvgIpc) is 3.28. The van der Waals surface area contributed by atoms with Crippen LogP contribution in [0.25, 0.3) is 5.65 Å². The summed E-state index contributed by atoms with van der Waals surface area (Å²) >= 11 is 13.0. The Labute approximate surface area is 209 Å². The quantitative estimate of drug-likeness (QED) is 0.236. The van der Waals surface area contributed by atoms with Gasteiger partial charge in [-0.3, -0.25) is 0 Å². The smallest absolute Gasteiger partial charge is 0.234 e. The van der Waals surface area contributed by atoms with Gasteiger partial charge in [0.05, 0.1) is 22.8 Å². The van der Waals surface area contributed by atoms with Gasteiger partial charge in [0, 0.05) is 44.0 Å². The molecule has 0 aliphatic heterocycles. The number of fused-ring (bicyclic) bond motifs is 1. The summed E-state index contributed by atoms with van der Waals surface area (Å²) in [5.74, 6) is 1.38. The first-order chi connectivity index (χ1) is 16.6. The Morgan fingerprint density at radius 1 is 0.971 bits per heavy atom. The monoisotopic (exact) mass is 499 g/mol. The van der Waals surface area contributed by atoms with Gasteiger partial charge in [-0.05, 0) is 43.5 Å². The maximum absolute atomic E-state index is 6.61. The SMILES string of the molecule is COCCCCCOc1ccc(Cl)c(Cl)c1Cc1cnn2c(N(C)c3ccccc3)ncnc12. The van der Waals surface area contributed by atoms with E-state index in [1.807, 2.05) is 48.3 Å². The van der Waals surface area contributed by atoms with E-state index >= 15 is 0 Å². The molecule has 2 aromatic heterocycles. The summed E-state index contributed by atoms with van der Waals surface area (Å²) < 4.78 is 12.9. The van der Waals surface area contributed by atoms with E-state index in [0.29, 0.717) is 34.7 Å². The number of hydrogen-bond donors (Lipinski definition) is 0. The van der Waals surface area contributed by atoms with Crippen molar-refractivity contribution in [2.45, 2.75) is 25.7 Å². The molecule has 0 fully saturated rings. The summed E-state index contributed by atoms with van der Waals surface area (Å²) in [6, 6.07) is 13.6. The minimum Gasteiger partial charge on any atom is -0.493 e. The molecule has 34 heavy (non-hydrogen) atoms. The van der Waals surface area contributed by atoms with Gasteiger partial charge in [-0.1, -0.05) is 41.4 Å². The van der Waals surface area contributed by atoms with Crippen LogP contribution in [-0.2, 0) is 11.2 Å². The fourth-order valence-corrected chi connectivity index (χ4v) is 4.14. The molecule has 0 radical (unpaired) electrons. The Kier molecular flexibility index (Phi) is 8.21. The van der Waals surface area contributed by atoms with Crippen LogP contribution in [0.15, 0.2) is 55.0 Å². The molecule has 0 bridgehead atoms. The van der Waals surface area contributed by atoms with Gasteiger partial charge in [-0.25, -0.2) is 9.97 Å². The first-order valence-corrected chi connectivity index (χ1v) is 11.9. The Morgan fingerprint density at radius 2 is 1.76 bits per heavy atom. The van der Waals surface area contributed by atoms with Crippen LogP contribution >= 0.6 is 23.2 Å². The zero-order chi connectivity index (χ0) is 23.9. The number of anilines is 2. The highest BCUT2D eigenvalue weighted by atomic mass is 35.5. The third kappa shape index (κ3) is 5.43. The Balaban J connectivity index is 1.58. The number of ether oxygens (including phenoxy) is 2. The van der Waals surface area contributed by atoms with Gasteiger partial charge in [-0.15, -0.1) is 0 Å². The highest BCUT2D eigenvalue weighted by Crippen LogP contribution is 2.35. The van der Waals surface area contributed by atoms with E-state index in [9.17, 15) is 0 Å². The second-order valence-corrected chi connectivity index (χ2v) is 8.68. The number of hydrogen-bond acceptors (Lipinski definition) is 6. The van der Waals surface area contributed by atoms with Crippen molar-refractivity contribution in [1.82, 2.24) is 19.6 Å². The zero-order valence-electron chi connectivity index (χ0n) is 19.2. The number of rotatable bonds is 11. The minimum absolute atomic E-state index is 0.480. The lowest BCUT2D eigenvalue weighted by atomic mass is 10.1. The molecule has 0 unspecified atom stereocenters. The van der Waals surface area contributed by atoms with Crippen molar-refractivity contribution < 1.29 is 9.47 Å². The van der Waals surface area contributed by atoms with Gasteiger partial charge < -0.3 is 14.4 Å². The molecule has 0 atom stereocenters. The molecular formula is C25H27Cl2N5O2. The number of methoxy groups -OCH3 is 1. The normalized spacial score (nSPS) is 11.2. The maximum atomic E-state index is 6.61. The van der Waals surface area contributed by atoms with E-state index in [4.69, 9.17) is 32.7 Å². The van der Waals surface area contributed by atoms with E-state index in [2.05, 4.69) is 15.1 Å². The second kappa shape index (κ2) is 11.5. The number of para-hydroxylation sites is 1. The zero-order valence-corrected chi connectivity index (χ0v) is 20.8. The molecule has 0 spiro atoms. The standard InChI is InChI=1S/C25H27Cl2N5O2/c1-31(19-9-5-3-6-10-19)25-29-17-28-24-18(16-30-32(24)25)15-20-22(12-11-21(26)23(20)27)34-14-8-4-7-13-33-2/h3,5-6,9-12,16-17H,4,7-8,13-15H2,1-2H3. The van der Waals surface area contributed by atoms with Crippen molar-refractivity contribution >= 4 is 40.5 Å². The molecule has 0 saturated carbocycles. The predicted octanol–water partition coefficient (Wildman–Crippen LogP) is 5.99. The third-order valence-corrected chi connectivity index (χ3v) is 6.42. The van der Waals surface area contributed by atoms with Crippen LogP contribution in [0.3, 0.4) is 0 Å². The first-order valence-electron chi connectivity index (χ1n) is 11.1. The van der Waals surface area contributed by atoms with Gasteiger partial charge >= 0.3 is 0 Å². The molecule has 0 aliphatic carbocycles. The molecule has 7 nitrogen and oxygen atoms in total. The maximum Gasteiger partial charge on any atom is 0.234 e. The number of aromatic nitrogens is 4. The van der Waals surface area contributed by atoms with Gasteiger partial charge in [-0.2, -0.15) is 9.61 Å². The summed E-state index contributed by atoms with van der Waals surface area (Å²) in [5, 5.41) is 5.53. The number of nitrogens with zero attached hydrogens (tertiary/aromatic N) is 5. The molecule has 4 aromatic rings. The van der Waals surface area contributed by atoms with E-state index < -0.39 is 0 Å². The summed E-state index contributed by atoms with van der Waals surface area (Å²) in [4.78, 5) is 10.9. The molecule has 2 aromatic carbocycles. The highest BCUT2D eigenvalue weighted by Gasteiger charge is 2.18. The lowest BCUT2D eigenvalue weighted by Gasteiger charge is -2.18. The van der Waals surface area contributed by atoms with Crippen LogP contribution in [-0.4, -0.2) is 47.0 Å². The lowest BCUT2D eigenvalue weighted by Crippen LogP contribution is -2.16. The van der Waals surface area contributed by atoms with Gasteiger partial charge in [0.25, 0.3) is 0 Å². The second-order valence-electron chi connectivity index (χ2n) is 7.89. The van der Waals surface area contributed by atoms with Crippen molar-refractivity contribution in [2.24, 2.45) is 0 Å². The summed E-state index contributed by atoms with van der Waals surface area (Å²) in [6.45, 7) is 1.35. The third-order valence-electron chi connectivity index (χ3n) is 5.57. The van der Waals surface area contributed by atoms with E-state index in [0.717, 1.165) is 48.4 Å². The van der Waals surface area contributed by atoms with E-state index in [-0.39, 0.29) is 0 Å². The summed E-state index contributed by atoms with van der Waals surface area (Å²) in [6.07, 6.45) is 6.79. The Hall–Kier alpha value is -2.87. The fourth-order valence-electron chi connectivity index (χ4n) is 3.74. The van der Waals surface area contributed by atoms with Crippen LogP contribution in [0.2, 0.25) is 10.0 Å². The van der Waals surface area contributed by atoms with Gasteiger partial charge in [0.2, 0.25) is 5.95 Å². The first kappa shape index (κ1) is 24.3. The van der Waals surface area contributed by atoms with Crippen LogP contribution < -0.4 is 9.64 Å². The summed E-state index contributed by atoms with van der Waals surface area (Å²) in [7, 11) is 3.66. The van der Waals surface area contributed by atoms with E-state index in [1.54, 1.807) is 30.2 Å². The van der Waals surface area contributed by atoms with Gasteiger partial charge in [0.1, 0.15) is 12.1 Å². The predicted molar refractivity (Wildman–Crippen MR) is 136 cm³/mol. The largest absolute Gasteiger partial charge is 0.493 e. The molecule has 0 N–H and O–H groups in total. The summed E-state index contributed by atoms with van der Waals surface area (Å²) in [5.41, 5.74) is 3.42. The molecule has 4 rings (SSSR count). The molecule has 0 amide bonds. The van der Waals surface area contributed by atoms with Crippen LogP contribution in [0.5, 0.6) is 5.75 Å². The van der Waals surface area contributed by atoms with Crippen molar-refractivity contribution in [3.05, 3.63) is 76.2 Å². The lowest BCUT2D eigenvalue weighted by molar-refractivity contribution is 0.189. The van der Waals surface area contributed by atoms with Crippen LogP contribution in [0, 0.1) is 0 Å². The number of benzene rings is 2. The molecule has 0 aliphatic rings. The Bertz CT molecular complexity index is 1230. The Morgan fingerprint density at radius 3 is 2.56 bits per heavy atom. The van der Waals surface area contributed by atoms with Crippen LogP contribution in [0.4, 0.5) is 11.6 Å². The van der Waals surface area contributed by atoms with Crippen molar-refractivity contribution in [3.8, 4) is 5.75 Å². The average molecular weight is 500 g/mol. The molecule has 0 saturated heterocycles. The van der Waals surface area contributed by atoms with Crippen LogP contribution in [0.1, 0.15) is 30.4 Å². The number of unbranched alkanes of at least 4 members (excludes halogenated alkanes) is 2. The minimum atomic E-state index is 0.480. The number of halogens is 2. The highest BCUT2D eigenvalue weighted by molar-refractivity contribution is 6.42. The molecular weight excluding hydrogens is 473 g/mol.